The molecular weight excluding hydrogens is 378 g/mol. The third kappa shape index (κ3) is 3.58. The number of piperazine rings is 1. The van der Waals surface area contributed by atoms with E-state index in [1.807, 2.05) is 11.8 Å². The van der Waals surface area contributed by atoms with Gasteiger partial charge >= 0.3 is 5.97 Å². The first-order valence-electron chi connectivity index (χ1n) is 10.1. The summed E-state index contributed by atoms with van der Waals surface area (Å²) in [6.45, 7) is 7.83. The average molecular weight is 408 g/mol. The Morgan fingerprint density at radius 1 is 1.18 bits per heavy atom. The number of aromatic carboxylic acids is 1. The average Bonchev–Trinajstić information content (AvgIpc) is 3.15. The van der Waals surface area contributed by atoms with Crippen molar-refractivity contribution < 1.29 is 19.4 Å². The number of nitrogens with zero attached hydrogens (tertiary/aromatic N) is 3. The second kappa shape index (κ2) is 7.74. The number of amides is 1. The van der Waals surface area contributed by atoms with Crippen molar-refractivity contribution in [2.45, 2.75) is 37.8 Å². The maximum Gasteiger partial charge on any atom is 0.345 e. The van der Waals surface area contributed by atoms with Crippen molar-refractivity contribution in [3.8, 4) is 0 Å². The molecule has 154 valence electrons. The Kier molecular flexibility index (Phi) is 5.48. The van der Waals surface area contributed by atoms with E-state index in [9.17, 15) is 14.7 Å². The van der Waals surface area contributed by atoms with Crippen molar-refractivity contribution >= 4 is 23.2 Å². The van der Waals surface area contributed by atoms with Crippen LogP contribution in [0.3, 0.4) is 0 Å². The highest BCUT2D eigenvalue weighted by atomic mass is 32.1. The van der Waals surface area contributed by atoms with Crippen LogP contribution in [0.15, 0.2) is 6.07 Å². The lowest BCUT2D eigenvalue weighted by molar-refractivity contribution is -0.146. The first-order chi connectivity index (χ1) is 13.4. The van der Waals surface area contributed by atoms with E-state index in [4.69, 9.17) is 4.74 Å². The van der Waals surface area contributed by atoms with E-state index in [1.165, 1.54) is 11.3 Å². The van der Waals surface area contributed by atoms with Gasteiger partial charge in [-0.05, 0) is 38.4 Å². The van der Waals surface area contributed by atoms with Crippen LogP contribution in [0.25, 0.3) is 0 Å². The lowest BCUT2D eigenvalue weighted by Gasteiger charge is -2.45. The molecule has 1 N–H and O–H groups in total. The molecule has 28 heavy (non-hydrogen) atoms. The minimum atomic E-state index is -0.872. The summed E-state index contributed by atoms with van der Waals surface area (Å²) in [5.74, 6) is -0.671. The lowest BCUT2D eigenvalue weighted by atomic mass is 9.82. The van der Waals surface area contributed by atoms with Crippen LogP contribution in [-0.2, 0) is 21.6 Å². The van der Waals surface area contributed by atoms with Gasteiger partial charge in [0.2, 0.25) is 5.91 Å². The zero-order valence-corrected chi connectivity index (χ0v) is 17.5. The first-order valence-corrected chi connectivity index (χ1v) is 10.9. The fourth-order valence-electron chi connectivity index (χ4n) is 4.65. The van der Waals surface area contributed by atoms with Crippen molar-refractivity contribution in [3.63, 3.8) is 0 Å². The SMILES string of the molecule is CC(C(=O)N1CCC2(CC1)OCCc1sc(C(=O)O)cc12)N1CCN(C)CC1. The molecule has 1 atom stereocenters. The molecule has 3 aliphatic heterocycles. The number of piperidine rings is 1. The van der Waals surface area contributed by atoms with Crippen LogP contribution in [0, 0.1) is 0 Å². The largest absolute Gasteiger partial charge is 0.477 e. The molecule has 2 saturated heterocycles. The topological polar surface area (TPSA) is 73.3 Å². The van der Waals surface area contributed by atoms with E-state index in [0.717, 1.165) is 55.9 Å². The molecule has 0 aromatic carbocycles. The van der Waals surface area contributed by atoms with E-state index in [0.29, 0.717) is 24.6 Å². The smallest absolute Gasteiger partial charge is 0.345 e. The van der Waals surface area contributed by atoms with E-state index < -0.39 is 11.6 Å². The van der Waals surface area contributed by atoms with Crippen molar-refractivity contribution in [3.05, 3.63) is 21.4 Å². The molecule has 4 heterocycles. The van der Waals surface area contributed by atoms with Crippen LogP contribution in [-0.4, -0.2) is 90.6 Å². The minimum absolute atomic E-state index is 0.0923. The molecule has 0 bridgehead atoms. The van der Waals surface area contributed by atoms with Gasteiger partial charge in [0, 0.05) is 50.6 Å². The number of ether oxygens (including phenoxy) is 1. The number of rotatable bonds is 3. The number of carbonyl (C=O) groups is 2. The number of thiophene rings is 1. The molecule has 3 aliphatic rings. The van der Waals surface area contributed by atoms with E-state index in [1.54, 1.807) is 6.07 Å². The number of hydrogen-bond acceptors (Lipinski definition) is 6. The van der Waals surface area contributed by atoms with Gasteiger partial charge in [-0.2, -0.15) is 0 Å². The van der Waals surface area contributed by atoms with Crippen molar-refractivity contribution in [1.82, 2.24) is 14.7 Å². The molecular formula is C20H29N3O4S. The standard InChI is InChI=1S/C20H29N3O4S/c1-14(22-10-8-21(2)9-11-22)18(24)23-6-4-20(5-7-23)15-13-17(19(25)26)28-16(15)3-12-27-20/h13-14H,3-12H2,1-2H3,(H,25,26). The van der Waals surface area contributed by atoms with Crippen LogP contribution in [0.1, 0.15) is 39.9 Å². The summed E-state index contributed by atoms with van der Waals surface area (Å²) in [5.41, 5.74) is 0.617. The summed E-state index contributed by atoms with van der Waals surface area (Å²) in [7, 11) is 2.12. The molecule has 1 unspecified atom stereocenters. The second-order valence-electron chi connectivity index (χ2n) is 8.19. The van der Waals surface area contributed by atoms with Gasteiger partial charge in [-0.3, -0.25) is 9.69 Å². The highest BCUT2D eigenvalue weighted by molar-refractivity contribution is 7.14. The third-order valence-electron chi connectivity index (χ3n) is 6.54. The lowest BCUT2D eigenvalue weighted by Crippen LogP contribution is -2.56. The van der Waals surface area contributed by atoms with Crippen molar-refractivity contribution in [2.75, 3.05) is 52.9 Å². The van der Waals surface area contributed by atoms with E-state index >= 15 is 0 Å². The monoisotopic (exact) mass is 407 g/mol. The van der Waals surface area contributed by atoms with Gasteiger partial charge in [0.1, 0.15) is 4.88 Å². The molecule has 0 radical (unpaired) electrons. The Labute approximate surface area is 169 Å². The molecule has 0 aliphatic carbocycles. The van der Waals surface area contributed by atoms with Crippen LogP contribution in [0.2, 0.25) is 0 Å². The minimum Gasteiger partial charge on any atom is -0.477 e. The molecule has 1 spiro atoms. The molecule has 4 rings (SSSR count). The van der Waals surface area contributed by atoms with Crippen LogP contribution >= 0.6 is 11.3 Å². The van der Waals surface area contributed by atoms with Crippen LogP contribution in [0.5, 0.6) is 0 Å². The highest BCUT2D eigenvalue weighted by Gasteiger charge is 2.44. The molecule has 8 heteroatoms. The zero-order chi connectivity index (χ0) is 19.9. The van der Waals surface area contributed by atoms with Gasteiger partial charge in [0.05, 0.1) is 18.2 Å². The quantitative estimate of drug-likeness (QED) is 0.818. The van der Waals surface area contributed by atoms with Gasteiger partial charge < -0.3 is 19.6 Å². The summed E-state index contributed by atoms with van der Waals surface area (Å²) in [4.78, 5) is 32.5. The Hall–Kier alpha value is -1.48. The van der Waals surface area contributed by atoms with Gasteiger partial charge in [-0.15, -0.1) is 11.3 Å². The predicted octanol–water partition coefficient (Wildman–Crippen LogP) is 1.47. The molecule has 7 nitrogen and oxygen atoms in total. The fourth-order valence-corrected chi connectivity index (χ4v) is 5.72. The Balaban J connectivity index is 1.42. The summed E-state index contributed by atoms with van der Waals surface area (Å²) < 4.78 is 6.20. The maximum atomic E-state index is 13.0. The van der Waals surface area contributed by atoms with Gasteiger partial charge in [0.25, 0.3) is 0 Å². The number of hydrogen-bond donors (Lipinski definition) is 1. The van der Waals surface area contributed by atoms with Crippen molar-refractivity contribution in [1.29, 1.82) is 0 Å². The zero-order valence-electron chi connectivity index (χ0n) is 16.6. The maximum absolute atomic E-state index is 13.0. The second-order valence-corrected chi connectivity index (χ2v) is 9.32. The number of carbonyl (C=O) groups excluding carboxylic acids is 1. The Bertz CT molecular complexity index is 749. The van der Waals surface area contributed by atoms with E-state index in [2.05, 4.69) is 16.8 Å². The fraction of sp³-hybridized carbons (Fsp3) is 0.700. The number of fused-ring (bicyclic) bond motifs is 2. The molecule has 1 aromatic heterocycles. The molecule has 2 fully saturated rings. The van der Waals surface area contributed by atoms with Gasteiger partial charge in [-0.1, -0.05) is 0 Å². The number of carboxylic acids is 1. The van der Waals surface area contributed by atoms with Crippen LogP contribution in [0.4, 0.5) is 0 Å². The Morgan fingerprint density at radius 2 is 1.86 bits per heavy atom. The summed E-state index contributed by atoms with van der Waals surface area (Å²) in [6, 6.07) is 1.71. The van der Waals surface area contributed by atoms with Crippen molar-refractivity contribution in [2.24, 2.45) is 0 Å². The number of likely N-dealkylation sites (N-methyl/N-ethyl adjacent to an activating group) is 1. The number of likely N-dealkylation sites (tertiary alicyclic amines) is 1. The Morgan fingerprint density at radius 3 is 2.50 bits per heavy atom. The number of carboxylic acid groups (broad SMARTS) is 1. The van der Waals surface area contributed by atoms with E-state index in [-0.39, 0.29) is 11.9 Å². The van der Waals surface area contributed by atoms with Gasteiger partial charge in [0.15, 0.2) is 0 Å². The third-order valence-corrected chi connectivity index (χ3v) is 7.73. The summed E-state index contributed by atoms with van der Waals surface area (Å²) in [5, 5.41) is 9.35. The normalized spacial score (nSPS) is 24.1. The van der Waals surface area contributed by atoms with Crippen LogP contribution < -0.4 is 0 Å². The van der Waals surface area contributed by atoms with Gasteiger partial charge in [-0.25, -0.2) is 4.79 Å². The molecule has 1 aromatic rings. The predicted molar refractivity (Wildman–Crippen MR) is 107 cm³/mol. The summed E-state index contributed by atoms with van der Waals surface area (Å²) >= 11 is 1.37. The molecule has 1 amide bonds. The highest BCUT2D eigenvalue weighted by Crippen LogP contribution is 2.44. The summed E-state index contributed by atoms with van der Waals surface area (Å²) in [6.07, 6.45) is 2.24. The molecule has 0 saturated carbocycles. The first kappa shape index (κ1) is 19.8.